The minimum atomic E-state index is -2.73. The lowest BCUT2D eigenvalue weighted by Crippen LogP contribution is -2.33. The standard InChI is InChI=1S/C12H15F2N3OS.C9H12/c13-12(14)4-1-2-8(7-12)11(18)17-9-3-5-16-10(6-9)19-15;1-8(2)9-6-4-3-5-7-9/h3,5-6,8H,1-2,4,7,15H2,(H,16,17,18);3-8H,1-2H3. The summed E-state index contributed by atoms with van der Waals surface area (Å²) in [6.07, 6.45) is 1.90. The highest BCUT2D eigenvalue weighted by atomic mass is 32.2. The Kier molecular flexibility index (Phi) is 8.38. The predicted octanol–water partition coefficient (Wildman–Crippen LogP) is 5.62. The fourth-order valence-electron chi connectivity index (χ4n) is 3.03. The Morgan fingerprint density at radius 3 is 2.57 bits per heavy atom. The van der Waals surface area contributed by atoms with Crippen molar-refractivity contribution in [1.29, 1.82) is 0 Å². The van der Waals surface area contributed by atoms with Gasteiger partial charge in [-0.2, -0.15) is 0 Å². The van der Waals surface area contributed by atoms with E-state index in [4.69, 9.17) is 5.14 Å². The third-order valence-corrected chi connectivity index (χ3v) is 5.07. The van der Waals surface area contributed by atoms with Crippen LogP contribution in [-0.4, -0.2) is 16.8 Å². The Bertz CT molecular complexity index is 756. The fraction of sp³-hybridized carbons (Fsp3) is 0.429. The van der Waals surface area contributed by atoms with Crippen LogP contribution in [0.1, 0.15) is 51.0 Å². The van der Waals surface area contributed by atoms with Gasteiger partial charge in [-0.25, -0.2) is 13.8 Å². The van der Waals surface area contributed by atoms with Crippen LogP contribution in [0.15, 0.2) is 53.7 Å². The van der Waals surface area contributed by atoms with Gasteiger partial charge in [-0.05, 0) is 48.4 Å². The molecule has 0 bridgehead atoms. The molecule has 7 heteroatoms. The van der Waals surface area contributed by atoms with Gasteiger partial charge in [0.1, 0.15) is 5.03 Å². The minimum absolute atomic E-state index is 0.125. The summed E-state index contributed by atoms with van der Waals surface area (Å²) in [5.74, 6) is -3.06. The number of aromatic nitrogens is 1. The molecular formula is C21H27F2N3OS. The topological polar surface area (TPSA) is 68.0 Å². The molecule has 3 rings (SSSR count). The van der Waals surface area contributed by atoms with Gasteiger partial charge < -0.3 is 5.32 Å². The van der Waals surface area contributed by atoms with E-state index in [0.29, 0.717) is 29.5 Å². The number of carbonyl (C=O) groups is 1. The van der Waals surface area contributed by atoms with Gasteiger partial charge in [-0.1, -0.05) is 44.2 Å². The maximum absolute atomic E-state index is 13.3. The molecule has 4 nitrogen and oxygen atoms in total. The summed E-state index contributed by atoms with van der Waals surface area (Å²) in [4.78, 5) is 15.9. The number of hydrogen-bond donors (Lipinski definition) is 2. The number of amides is 1. The van der Waals surface area contributed by atoms with Crippen LogP contribution in [0.5, 0.6) is 0 Å². The molecule has 1 aliphatic rings. The number of carbonyl (C=O) groups excluding carboxylic acids is 1. The van der Waals surface area contributed by atoms with Crippen LogP contribution >= 0.6 is 11.9 Å². The summed E-state index contributed by atoms with van der Waals surface area (Å²) in [5, 5.41) is 8.57. The van der Waals surface area contributed by atoms with Gasteiger partial charge in [-0.15, -0.1) is 0 Å². The molecule has 0 saturated heterocycles. The number of benzene rings is 1. The van der Waals surface area contributed by atoms with Gasteiger partial charge in [0.15, 0.2) is 0 Å². The molecule has 1 atom stereocenters. The monoisotopic (exact) mass is 407 g/mol. The van der Waals surface area contributed by atoms with Gasteiger partial charge in [0.25, 0.3) is 0 Å². The van der Waals surface area contributed by atoms with Crippen LogP contribution in [0.2, 0.25) is 0 Å². The molecule has 1 aliphatic carbocycles. The van der Waals surface area contributed by atoms with E-state index >= 15 is 0 Å². The van der Waals surface area contributed by atoms with E-state index in [1.807, 2.05) is 6.07 Å². The van der Waals surface area contributed by atoms with Crippen molar-refractivity contribution in [3.8, 4) is 0 Å². The van der Waals surface area contributed by atoms with Crippen molar-refractivity contribution in [2.24, 2.45) is 11.1 Å². The number of nitrogens with zero attached hydrogens (tertiary/aromatic N) is 1. The van der Waals surface area contributed by atoms with E-state index in [1.54, 1.807) is 12.1 Å². The molecule has 1 heterocycles. The first-order chi connectivity index (χ1) is 13.3. The number of hydrogen-bond acceptors (Lipinski definition) is 4. The van der Waals surface area contributed by atoms with Gasteiger partial charge in [-0.3, -0.25) is 9.93 Å². The lowest BCUT2D eigenvalue weighted by atomic mass is 9.86. The average Bonchev–Trinajstić information content (AvgIpc) is 2.68. The summed E-state index contributed by atoms with van der Waals surface area (Å²) in [6, 6.07) is 13.7. The first kappa shape index (κ1) is 22.3. The Hall–Kier alpha value is -1.99. The molecule has 1 aromatic carbocycles. The van der Waals surface area contributed by atoms with Crippen LogP contribution in [0.4, 0.5) is 14.5 Å². The Morgan fingerprint density at radius 1 is 1.29 bits per heavy atom. The first-order valence-corrected chi connectivity index (χ1v) is 10.2. The number of nitrogens with one attached hydrogen (secondary N) is 1. The maximum Gasteiger partial charge on any atom is 0.248 e. The smallest absolute Gasteiger partial charge is 0.248 e. The lowest BCUT2D eigenvalue weighted by Gasteiger charge is -2.27. The van der Waals surface area contributed by atoms with Crippen molar-refractivity contribution >= 4 is 23.5 Å². The molecule has 0 radical (unpaired) electrons. The summed E-state index contributed by atoms with van der Waals surface area (Å²) in [6.45, 7) is 4.41. The predicted molar refractivity (Wildman–Crippen MR) is 110 cm³/mol. The Balaban J connectivity index is 0.000000261. The molecular weight excluding hydrogens is 380 g/mol. The van der Waals surface area contributed by atoms with Gasteiger partial charge in [0, 0.05) is 30.6 Å². The van der Waals surface area contributed by atoms with Gasteiger partial charge in [0.2, 0.25) is 11.8 Å². The summed E-state index contributed by atoms with van der Waals surface area (Å²) in [7, 11) is 0. The molecule has 0 aliphatic heterocycles. The molecule has 1 aromatic heterocycles. The lowest BCUT2D eigenvalue weighted by molar-refractivity contribution is -0.127. The number of rotatable bonds is 4. The second-order valence-electron chi connectivity index (χ2n) is 7.20. The third-order valence-electron chi connectivity index (χ3n) is 4.60. The van der Waals surface area contributed by atoms with E-state index in [1.165, 1.54) is 11.8 Å². The zero-order chi connectivity index (χ0) is 20.6. The van der Waals surface area contributed by atoms with Crippen molar-refractivity contribution in [3.05, 3.63) is 54.2 Å². The fourth-order valence-corrected chi connectivity index (χ4v) is 3.35. The first-order valence-electron chi connectivity index (χ1n) is 9.37. The van der Waals surface area contributed by atoms with Crippen LogP contribution in [0.25, 0.3) is 0 Å². The molecule has 152 valence electrons. The van der Waals surface area contributed by atoms with Crippen molar-refractivity contribution in [3.63, 3.8) is 0 Å². The van der Waals surface area contributed by atoms with Crippen LogP contribution in [0.3, 0.4) is 0 Å². The Labute approximate surface area is 169 Å². The van der Waals surface area contributed by atoms with E-state index in [0.717, 1.165) is 11.9 Å². The summed E-state index contributed by atoms with van der Waals surface area (Å²) < 4.78 is 26.5. The molecule has 2 aromatic rings. The van der Waals surface area contributed by atoms with Gasteiger partial charge in [0.05, 0.1) is 0 Å². The number of anilines is 1. The van der Waals surface area contributed by atoms with Crippen molar-refractivity contribution in [2.75, 3.05) is 5.32 Å². The number of pyridine rings is 1. The highest BCUT2D eigenvalue weighted by molar-refractivity contribution is 7.97. The van der Waals surface area contributed by atoms with Crippen molar-refractivity contribution < 1.29 is 13.6 Å². The number of alkyl halides is 2. The quantitative estimate of drug-likeness (QED) is 0.645. The summed E-state index contributed by atoms with van der Waals surface area (Å²) >= 11 is 0.963. The molecule has 28 heavy (non-hydrogen) atoms. The highest BCUT2D eigenvalue weighted by Crippen LogP contribution is 2.37. The molecule has 1 amide bonds. The van der Waals surface area contributed by atoms with Crippen molar-refractivity contribution in [2.45, 2.75) is 56.4 Å². The van der Waals surface area contributed by atoms with Crippen LogP contribution in [-0.2, 0) is 4.79 Å². The second kappa shape index (κ2) is 10.5. The molecule has 1 saturated carbocycles. The zero-order valence-electron chi connectivity index (χ0n) is 16.2. The van der Waals surface area contributed by atoms with Crippen LogP contribution < -0.4 is 10.5 Å². The molecule has 3 N–H and O–H groups in total. The second-order valence-corrected chi connectivity index (χ2v) is 7.86. The molecule has 0 spiro atoms. The SMILES string of the molecule is CC(C)c1ccccc1.NSc1cc(NC(=O)C2CCCC(F)(F)C2)ccn1. The van der Waals surface area contributed by atoms with E-state index in [-0.39, 0.29) is 18.7 Å². The van der Waals surface area contributed by atoms with E-state index < -0.39 is 11.8 Å². The van der Waals surface area contributed by atoms with Crippen molar-refractivity contribution in [1.82, 2.24) is 4.98 Å². The average molecular weight is 408 g/mol. The number of nitrogens with two attached hydrogens (primary N) is 1. The highest BCUT2D eigenvalue weighted by Gasteiger charge is 2.39. The maximum atomic E-state index is 13.3. The normalized spacial score (nSPS) is 18.1. The zero-order valence-corrected chi connectivity index (χ0v) is 17.0. The summed E-state index contributed by atoms with van der Waals surface area (Å²) in [5.41, 5.74) is 1.94. The Morgan fingerprint density at radius 2 is 2.00 bits per heavy atom. The largest absolute Gasteiger partial charge is 0.326 e. The van der Waals surface area contributed by atoms with E-state index in [9.17, 15) is 13.6 Å². The van der Waals surface area contributed by atoms with E-state index in [2.05, 4.69) is 48.4 Å². The molecule has 1 unspecified atom stereocenters. The molecule has 1 fully saturated rings. The third kappa shape index (κ3) is 7.20. The van der Waals surface area contributed by atoms with Gasteiger partial charge >= 0.3 is 0 Å². The minimum Gasteiger partial charge on any atom is -0.326 e. The number of halogens is 2. The van der Waals surface area contributed by atoms with Crippen LogP contribution in [0, 0.1) is 5.92 Å².